The predicted molar refractivity (Wildman–Crippen MR) is 51.0 cm³/mol. The van der Waals surface area contributed by atoms with Crippen LogP contribution in [0.1, 0.15) is 19.8 Å². The average Bonchev–Trinajstić information content (AvgIpc) is 2.01. The zero-order valence-electron chi connectivity index (χ0n) is 8.05. The Balaban J connectivity index is 4.20. The van der Waals surface area contributed by atoms with Crippen molar-refractivity contribution in [3.8, 4) is 0 Å². The fraction of sp³-hybridized carbons (Fsp3) is 1.00. The lowest BCUT2D eigenvalue weighted by Gasteiger charge is -2.21. The topological polar surface area (TPSA) is 107 Å². The molecule has 1 unspecified atom stereocenters. The van der Waals surface area contributed by atoms with Crippen LogP contribution in [0.5, 0.6) is 0 Å². The van der Waals surface area contributed by atoms with Crippen molar-refractivity contribution >= 4 is 10.3 Å². The lowest BCUT2D eigenvalue weighted by atomic mass is 9.95. The highest BCUT2D eigenvalue weighted by atomic mass is 32.2. The molecule has 0 amide bonds. The molecule has 0 saturated carbocycles. The first-order chi connectivity index (χ1) is 6.40. The van der Waals surface area contributed by atoms with Crippen molar-refractivity contribution in [1.29, 1.82) is 0 Å². The summed E-state index contributed by atoms with van der Waals surface area (Å²) in [7, 11) is -4.22. The number of rotatable bonds is 7. The highest BCUT2D eigenvalue weighted by Crippen LogP contribution is 2.13. The molecule has 0 aromatic carbocycles. The van der Waals surface area contributed by atoms with Gasteiger partial charge in [-0.15, -0.1) is 0 Å². The van der Waals surface area contributed by atoms with Crippen molar-refractivity contribution in [3.05, 3.63) is 0 Å². The van der Waals surface area contributed by atoms with Gasteiger partial charge in [0, 0.05) is 19.3 Å². The smallest absolute Gasteiger partial charge is 0.333 e. The Bertz CT molecular complexity index is 234. The van der Waals surface area contributed by atoms with Crippen LogP contribution < -0.4 is 4.72 Å². The van der Waals surface area contributed by atoms with Crippen LogP contribution in [0.15, 0.2) is 0 Å². The van der Waals surface area contributed by atoms with Gasteiger partial charge in [-0.25, -0.2) is 0 Å². The molecule has 0 aliphatic carbocycles. The third-order valence-corrected chi connectivity index (χ3v) is 2.71. The third-order valence-electron chi connectivity index (χ3n) is 2.04. The quantitative estimate of drug-likeness (QED) is 0.424. The van der Waals surface area contributed by atoms with Gasteiger partial charge in [-0.3, -0.25) is 4.55 Å². The van der Waals surface area contributed by atoms with E-state index >= 15 is 0 Å². The number of aliphatic hydroxyl groups excluding tert-OH is 2. The van der Waals surface area contributed by atoms with Crippen LogP contribution in [0.4, 0.5) is 0 Å². The van der Waals surface area contributed by atoms with Crippen molar-refractivity contribution in [1.82, 2.24) is 4.72 Å². The summed E-state index contributed by atoms with van der Waals surface area (Å²) in [6, 6.07) is -0.510. The van der Waals surface area contributed by atoms with E-state index in [9.17, 15) is 8.42 Å². The third kappa shape index (κ3) is 6.28. The molecule has 0 bridgehead atoms. The minimum Gasteiger partial charge on any atom is -0.396 e. The van der Waals surface area contributed by atoms with Gasteiger partial charge in [-0.2, -0.15) is 13.1 Å². The van der Waals surface area contributed by atoms with E-state index in [1.165, 1.54) is 0 Å². The highest BCUT2D eigenvalue weighted by molar-refractivity contribution is 7.83. The first kappa shape index (κ1) is 13.8. The summed E-state index contributed by atoms with van der Waals surface area (Å²) in [5.41, 5.74) is 0. The first-order valence-electron chi connectivity index (χ1n) is 4.37. The van der Waals surface area contributed by atoms with Crippen LogP contribution in [-0.2, 0) is 10.3 Å². The van der Waals surface area contributed by atoms with Crippen LogP contribution in [0.3, 0.4) is 0 Å². The lowest BCUT2D eigenvalue weighted by molar-refractivity contribution is 0.197. The second kappa shape index (κ2) is 6.31. The molecule has 6 nitrogen and oxygen atoms in total. The Morgan fingerprint density at radius 3 is 1.93 bits per heavy atom. The summed E-state index contributed by atoms with van der Waals surface area (Å²) < 4.78 is 31.5. The van der Waals surface area contributed by atoms with E-state index in [1.54, 1.807) is 6.92 Å². The summed E-state index contributed by atoms with van der Waals surface area (Å²) in [5.74, 6) is -0.188. The van der Waals surface area contributed by atoms with Gasteiger partial charge in [0.25, 0.3) is 0 Å². The normalized spacial score (nSPS) is 14.6. The molecule has 0 spiro atoms. The molecule has 86 valence electrons. The second-order valence-electron chi connectivity index (χ2n) is 3.17. The number of hydrogen-bond donors (Lipinski definition) is 4. The van der Waals surface area contributed by atoms with Gasteiger partial charge in [0.05, 0.1) is 0 Å². The molecule has 4 N–H and O–H groups in total. The van der Waals surface area contributed by atoms with Crippen molar-refractivity contribution < 1.29 is 23.2 Å². The number of aliphatic hydroxyl groups is 2. The maximum absolute atomic E-state index is 10.5. The highest BCUT2D eigenvalue weighted by Gasteiger charge is 2.20. The van der Waals surface area contributed by atoms with Crippen LogP contribution >= 0.6 is 0 Å². The Hall–Kier alpha value is -0.210. The minimum absolute atomic E-state index is 0.0812. The maximum Gasteiger partial charge on any atom is 0.333 e. The Labute approximate surface area is 83.8 Å². The summed E-state index contributed by atoms with van der Waals surface area (Å²) in [5, 5.41) is 17.4. The SMILES string of the molecule is CC(NS(=O)(=O)O)C(CCO)CCO. The minimum atomic E-state index is -4.22. The molecule has 0 rings (SSSR count). The summed E-state index contributed by atoms with van der Waals surface area (Å²) in [6.45, 7) is 1.41. The van der Waals surface area contributed by atoms with Gasteiger partial charge < -0.3 is 10.2 Å². The number of hydrogen-bond acceptors (Lipinski definition) is 4. The van der Waals surface area contributed by atoms with Gasteiger partial charge >= 0.3 is 10.3 Å². The fourth-order valence-electron chi connectivity index (χ4n) is 1.31. The Kier molecular flexibility index (Phi) is 6.21. The average molecular weight is 227 g/mol. The standard InChI is InChI=1S/C7H17NO5S/c1-6(8-14(11,12)13)7(2-4-9)3-5-10/h6-10H,2-5H2,1H3,(H,11,12,13). The molecule has 1 atom stereocenters. The monoisotopic (exact) mass is 227 g/mol. The van der Waals surface area contributed by atoms with Crippen molar-refractivity contribution in [2.45, 2.75) is 25.8 Å². The van der Waals surface area contributed by atoms with E-state index in [0.717, 1.165) is 0 Å². The van der Waals surface area contributed by atoms with E-state index in [0.29, 0.717) is 12.8 Å². The van der Waals surface area contributed by atoms with Gasteiger partial charge in [0.15, 0.2) is 0 Å². The Morgan fingerprint density at radius 1 is 1.21 bits per heavy atom. The zero-order valence-corrected chi connectivity index (χ0v) is 8.87. The maximum atomic E-state index is 10.5. The van der Waals surface area contributed by atoms with Crippen LogP contribution in [0, 0.1) is 5.92 Å². The first-order valence-corrected chi connectivity index (χ1v) is 5.81. The molecule has 0 aromatic heterocycles. The van der Waals surface area contributed by atoms with Gasteiger partial charge in [0.1, 0.15) is 0 Å². The predicted octanol–water partition coefficient (Wildman–Crippen LogP) is -0.852. The van der Waals surface area contributed by atoms with E-state index < -0.39 is 16.3 Å². The molecule has 0 heterocycles. The van der Waals surface area contributed by atoms with Gasteiger partial charge in [-0.1, -0.05) is 0 Å². The second-order valence-corrected chi connectivity index (χ2v) is 4.35. The molecule has 0 aromatic rings. The molecule has 0 saturated heterocycles. The number of nitrogens with one attached hydrogen (secondary N) is 1. The van der Waals surface area contributed by atoms with Crippen molar-refractivity contribution in [2.24, 2.45) is 5.92 Å². The molecular weight excluding hydrogens is 210 g/mol. The van der Waals surface area contributed by atoms with E-state index in [4.69, 9.17) is 14.8 Å². The Morgan fingerprint density at radius 2 is 1.64 bits per heavy atom. The van der Waals surface area contributed by atoms with Crippen molar-refractivity contribution in [3.63, 3.8) is 0 Å². The largest absolute Gasteiger partial charge is 0.396 e. The molecule has 7 heteroatoms. The summed E-state index contributed by atoms with van der Waals surface area (Å²) in [4.78, 5) is 0. The molecule has 0 fully saturated rings. The van der Waals surface area contributed by atoms with Gasteiger partial charge in [0.2, 0.25) is 0 Å². The summed E-state index contributed by atoms with van der Waals surface area (Å²) >= 11 is 0. The van der Waals surface area contributed by atoms with Crippen LogP contribution in [0.25, 0.3) is 0 Å². The summed E-state index contributed by atoms with van der Waals surface area (Å²) in [6.07, 6.45) is 0.758. The molecule has 0 radical (unpaired) electrons. The zero-order chi connectivity index (χ0) is 11.2. The molecular formula is C7H17NO5S. The van der Waals surface area contributed by atoms with E-state index in [1.807, 2.05) is 4.72 Å². The molecule has 0 aliphatic heterocycles. The molecule has 14 heavy (non-hydrogen) atoms. The van der Waals surface area contributed by atoms with Gasteiger partial charge in [-0.05, 0) is 25.7 Å². The molecule has 0 aliphatic rings. The van der Waals surface area contributed by atoms with Crippen molar-refractivity contribution in [2.75, 3.05) is 13.2 Å². The lowest BCUT2D eigenvalue weighted by Crippen LogP contribution is -2.38. The van der Waals surface area contributed by atoms with Crippen LogP contribution in [0.2, 0.25) is 0 Å². The van der Waals surface area contributed by atoms with Crippen LogP contribution in [-0.4, -0.2) is 42.4 Å². The van der Waals surface area contributed by atoms with E-state index in [-0.39, 0.29) is 19.1 Å². The van der Waals surface area contributed by atoms with E-state index in [2.05, 4.69) is 0 Å². The fourth-order valence-corrected chi connectivity index (χ4v) is 1.97.